The van der Waals surface area contributed by atoms with Crippen LogP contribution in [0.4, 0.5) is 0 Å². The fourth-order valence-corrected chi connectivity index (χ4v) is 4.10. The molecule has 0 aliphatic rings. The lowest BCUT2D eigenvalue weighted by molar-refractivity contribution is -0.141. The summed E-state index contributed by atoms with van der Waals surface area (Å²) in [5, 5.41) is 21.3. The Balaban J connectivity index is 5.41. The van der Waals surface area contributed by atoms with Crippen LogP contribution in [0.15, 0.2) is 4.99 Å². The van der Waals surface area contributed by atoms with Gasteiger partial charge in [0.2, 0.25) is 35.4 Å². The van der Waals surface area contributed by atoms with E-state index in [9.17, 15) is 38.7 Å². The molecular weight excluding hydrogens is 620 g/mol. The molecule has 14 N–H and O–H groups in total. The lowest BCUT2D eigenvalue weighted by atomic mass is 10.1. The van der Waals surface area contributed by atoms with Crippen LogP contribution in [0.2, 0.25) is 0 Å². The van der Waals surface area contributed by atoms with Crippen molar-refractivity contribution >= 4 is 71.8 Å². The summed E-state index contributed by atoms with van der Waals surface area (Å²) in [5.74, 6) is -5.46. The van der Waals surface area contributed by atoms with E-state index in [2.05, 4.69) is 44.2 Å². The molecule has 0 radical (unpaired) electrons. The Morgan fingerprint density at radius 2 is 1.43 bits per heavy atom. The predicted molar refractivity (Wildman–Crippen MR) is 167 cm³/mol. The summed E-state index contributed by atoms with van der Waals surface area (Å²) < 4.78 is 0. The maximum atomic E-state index is 13.1. The van der Waals surface area contributed by atoms with Crippen LogP contribution in [-0.2, 0) is 33.6 Å². The van der Waals surface area contributed by atoms with Crippen molar-refractivity contribution in [2.24, 2.45) is 27.9 Å². The number of guanidine groups is 1. The zero-order valence-electron chi connectivity index (χ0n) is 24.7. The summed E-state index contributed by atoms with van der Waals surface area (Å²) in [5.41, 5.74) is 21.3. The quantitative estimate of drug-likeness (QED) is 0.0226. The number of rotatable bonds is 22. The first-order chi connectivity index (χ1) is 20.6. The van der Waals surface area contributed by atoms with Gasteiger partial charge in [-0.1, -0.05) is 0 Å². The molecule has 0 bridgehead atoms. The van der Waals surface area contributed by atoms with Gasteiger partial charge < -0.3 is 54.6 Å². The lowest BCUT2D eigenvalue weighted by Gasteiger charge is -2.24. The van der Waals surface area contributed by atoms with Gasteiger partial charge in [0.1, 0.15) is 24.2 Å². The van der Waals surface area contributed by atoms with E-state index < -0.39 is 78.2 Å². The van der Waals surface area contributed by atoms with Gasteiger partial charge in [-0.05, 0) is 44.6 Å². The molecule has 6 amide bonds. The number of aliphatic carboxylic acids is 1. The molecule has 0 fully saturated rings. The zero-order valence-corrected chi connectivity index (χ0v) is 26.4. The van der Waals surface area contributed by atoms with Crippen molar-refractivity contribution in [3.05, 3.63) is 0 Å². The van der Waals surface area contributed by atoms with Crippen LogP contribution in [0.3, 0.4) is 0 Å². The van der Waals surface area contributed by atoms with E-state index in [1.54, 1.807) is 6.26 Å². The molecular formula is C24H44N10O8S2. The molecule has 0 saturated heterocycles. The van der Waals surface area contributed by atoms with Crippen molar-refractivity contribution < 1.29 is 38.7 Å². The fourth-order valence-electron chi connectivity index (χ4n) is 3.38. The molecule has 20 heteroatoms. The van der Waals surface area contributed by atoms with Crippen molar-refractivity contribution in [1.82, 2.24) is 26.6 Å². The third kappa shape index (κ3) is 17.4. The molecule has 44 heavy (non-hydrogen) atoms. The van der Waals surface area contributed by atoms with Crippen LogP contribution in [-0.4, -0.2) is 114 Å². The first-order valence-electron chi connectivity index (χ1n) is 13.5. The van der Waals surface area contributed by atoms with Crippen LogP contribution in [0.5, 0.6) is 0 Å². The average molecular weight is 665 g/mol. The van der Waals surface area contributed by atoms with Crippen molar-refractivity contribution in [1.29, 1.82) is 0 Å². The standard InChI is InChI=1S/C24H44N10O8S2/c1-12(19(37)33-15(7-9-44-2)22(40)34-16(11-43)23(41)42)31-21(39)14(4-3-8-29-24(27)28)32-18(36)10-30-20(38)13(25)5-6-17(26)35/h12-16,43H,3-11,25H2,1-2H3,(H2,26,35)(H,30,38)(H,31,39)(H,32,36)(H,33,37)(H,34,40)(H,41,42)(H4,27,28,29)/t12-,13-,14-,15-,16-/m0/s1. The number of carbonyl (C=O) groups excluding carboxylic acids is 6. The molecule has 5 atom stereocenters. The topological polar surface area (TPSA) is 316 Å². The summed E-state index contributed by atoms with van der Waals surface area (Å²) >= 11 is 5.32. The Kier molecular flexibility index (Phi) is 20.0. The molecule has 0 heterocycles. The largest absolute Gasteiger partial charge is 0.480 e. The number of carbonyl (C=O) groups is 7. The highest BCUT2D eigenvalue weighted by Crippen LogP contribution is 2.04. The second-order valence-electron chi connectivity index (χ2n) is 9.55. The number of nitrogens with two attached hydrogens (primary N) is 4. The molecule has 0 aromatic rings. The monoisotopic (exact) mass is 664 g/mol. The second-order valence-corrected chi connectivity index (χ2v) is 10.9. The Morgan fingerprint density at radius 1 is 0.841 bits per heavy atom. The summed E-state index contributed by atoms with van der Waals surface area (Å²) in [4.78, 5) is 89.3. The van der Waals surface area contributed by atoms with E-state index >= 15 is 0 Å². The van der Waals surface area contributed by atoms with Crippen LogP contribution in [0.1, 0.15) is 39.0 Å². The van der Waals surface area contributed by atoms with Gasteiger partial charge in [0.25, 0.3) is 0 Å². The lowest BCUT2D eigenvalue weighted by Crippen LogP contribution is -2.57. The van der Waals surface area contributed by atoms with Gasteiger partial charge in [-0.2, -0.15) is 24.4 Å². The molecule has 0 spiro atoms. The number of nitrogens with one attached hydrogen (secondary N) is 5. The number of hydrogen-bond acceptors (Lipinski definition) is 11. The van der Waals surface area contributed by atoms with Crippen molar-refractivity contribution in [2.45, 2.75) is 69.2 Å². The zero-order chi connectivity index (χ0) is 33.8. The molecule has 0 unspecified atom stereocenters. The van der Waals surface area contributed by atoms with Crippen LogP contribution in [0.25, 0.3) is 0 Å². The number of amides is 6. The van der Waals surface area contributed by atoms with Crippen LogP contribution in [0, 0.1) is 0 Å². The smallest absolute Gasteiger partial charge is 0.327 e. The van der Waals surface area contributed by atoms with Gasteiger partial charge >= 0.3 is 5.97 Å². The molecule has 0 saturated carbocycles. The Bertz CT molecular complexity index is 1040. The van der Waals surface area contributed by atoms with Crippen molar-refractivity contribution in [3.8, 4) is 0 Å². The normalized spacial score (nSPS) is 14.0. The highest BCUT2D eigenvalue weighted by Gasteiger charge is 2.29. The van der Waals surface area contributed by atoms with Gasteiger partial charge in [0, 0.05) is 18.7 Å². The summed E-state index contributed by atoms with van der Waals surface area (Å²) in [6.07, 6.45) is 2.14. The molecule has 0 aromatic carbocycles. The van der Waals surface area contributed by atoms with Gasteiger partial charge in [-0.15, -0.1) is 0 Å². The van der Waals surface area contributed by atoms with E-state index in [0.29, 0.717) is 5.75 Å². The maximum absolute atomic E-state index is 13.1. The third-order valence-corrected chi connectivity index (χ3v) is 6.86. The van der Waals surface area contributed by atoms with Crippen LogP contribution < -0.4 is 49.5 Å². The number of thiol groups is 1. The number of aliphatic imine (C=N–C) groups is 1. The fraction of sp³-hybridized carbons (Fsp3) is 0.667. The Morgan fingerprint density at radius 3 is 1.98 bits per heavy atom. The van der Waals surface area contributed by atoms with Gasteiger partial charge in [-0.25, -0.2) is 4.79 Å². The van der Waals surface area contributed by atoms with Crippen LogP contribution >= 0.6 is 24.4 Å². The summed E-state index contributed by atoms with van der Waals surface area (Å²) in [7, 11) is 0. The van der Waals surface area contributed by atoms with Gasteiger partial charge in [-0.3, -0.25) is 33.8 Å². The minimum Gasteiger partial charge on any atom is -0.480 e. The van der Waals surface area contributed by atoms with E-state index in [1.165, 1.54) is 18.7 Å². The molecule has 0 aliphatic heterocycles. The predicted octanol–water partition coefficient (Wildman–Crippen LogP) is -4.52. The first-order valence-corrected chi connectivity index (χ1v) is 15.6. The first kappa shape index (κ1) is 40.2. The second kappa shape index (κ2) is 21.8. The molecule has 0 aromatic heterocycles. The van der Waals surface area contributed by atoms with E-state index in [1.807, 2.05) is 0 Å². The Labute approximate surface area is 264 Å². The summed E-state index contributed by atoms with van der Waals surface area (Å²) in [6, 6.07) is -5.79. The van der Waals surface area contributed by atoms with E-state index in [-0.39, 0.29) is 50.4 Å². The number of thioether (sulfide) groups is 1. The number of carboxylic acids is 1. The van der Waals surface area contributed by atoms with Crippen molar-refractivity contribution in [3.63, 3.8) is 0 Å². The average Bonchev–Trinajstić information content (AvgIpc) is 2.95. The molecule has 0 rings (SSSR count). The van der Waals surface area contributed by atoms with Gasteiger partial charge in [0.15, 0.2) is 5.96 Å². The van der Waals surface area contributed by atoms with E-state index in [0.717, 1.165) is 0 Å². The third-order valence-electron chi connectivity index (χ3n) is 5.85. The minimum absolute atomic E-state index is 0.0201. The summed E-state index contributed by atoms with van der Waals surface area (Å²) in [6.45, 7) is 0.961. The van der Waals surface area contributed by atoms with E-state index in [4.69, 9.17) is 22.9 Å². The minimum atomic E-state index is -1.29. The molecule has 250 valence electrons. The number of hydrogen-bond donors (Lipinski definition) is 11. The SMILES string of the molecule is CSCC[C@H](NC(=O)[C@H](C)NC(=O)[C@H](CCCN=C(N)N)NC(=O)CNC(=O)[C@@H](N)CCC(N)=O)C(=O)N[C@@H](CS)C(=O)O. The molecule has 18 nitrogen and oxygen atoms in total. The number of primary amides is 1. The number of nitrogens with zero attached hydrogens (tertiary/aromatic N) is 1. The highest BCUT2D eigenvalue weighted by atomic mass is 32.2. The molecule has 0 aliphatic carbocycles. The highest BCUT2D eigenvalue weighted by molar-refractivity contribution is 7.98. The maximum Gasteiger partial charge on any atom is 0.327 e. The van der Waals surface area contributed by atoms with Crippen molar-refractivity contribution in [2.75, 3.05) is 30.9 Å². The Hall–Kier alpha value is -3.78. The number of carboxylic acid groups (broad SMARTS) is 1. The van der Waals surface area contributed by atoms with Gasteiger partial charge in [0.05, 0.1) is 12.6 Å².